The standard InChI is InChI=1S/C15H12ClF2NO2/c16-14-10(5-2-8-19-14)4-1-3-9-6-7-11(17)12(13(9)18)15(20)21/h2,5-8H,1,3-4H2,(H,20,21). The van der Waals surface area contributed by atoms with E-state index in [0.29, 0.717) is 18.0 Å². The van der Waals surface area contributed by atoms with Crippen molar-refractivity contribution >= 4 is 17.6 Å². The van der Waals surface area contributed by atoms with Crippen molar-refractivity contribution in [1.82, 2.24) is 4.98 Å². The third-order valence-electron chi connectivity index (χ3n) is 3.11. The first-order chi connectivity index (χ1) is 10.0. The van der Waals surface area contributed by atoms with Crippen molar-refractivity contribution in [3.63, 3.8) is 0 Å². The summed E-state index contributed by atoms with van der Waals surface area (Å²) in [7, 11) is 0. The topological polar surface area (TPSA) is 50.2 Å². The van der Waals surface area contributed by atoms with E-state index in [9.17, 15) is 13.6 Å². The molecular weight excluding hydrogens is 300 g/mol. The summed E-state index contributed by atoms with van der Waals surface area (Å²) in [5.74, 6) is -3.69. The van der Waals surface area contributed by atoms with Crippen molar-refractivity contribution in [3.05, 3.63) is 63.9 Å². The first-order valence-electron chi connectivity index (χ1n) is 6.30. The molecule has 0 atom stereocenters. The highest BCUT2D eigenvalue weighted by atomic mass is 35.5. The Labute approximate surface area is 125 Å². The van der Waals surface area contributed by atoms with Crippen molar-refractivity contribution < 1.29 is 18.7 Å². The highest BCUT2D eigenvalue weighted by Crippen LogP contribution is 2.20. The van der Waals surface area contributed by atoms with Crippen molar-refractivity contribution in [3.8, 4) is 0 Å². The third kappa shape index (κ3) is 3.55. The normalized spacial score (nSPS) is 10.6. The van der Waals surface area contributed by atoms with Gasteiger partial charge in [0.2, 0.25) is 0 Å². The van der Waals surface area contributed by atoms with Gasteiger partial charge in [-0.2, -0.15) is 0 Å². The number of carbonyl (C=O) groups is 1. The molecule has 0 unspecified atom stereocenters. The van der Waals surface area contributed by atoms with Gasteiger partial charge in [-0.05, 0) is 42.5 Å². The molecule has 1 N–H and O–H groups in total. The van der Waals surface area contributed by atoms with E-state index in [1.165, 1.54) is 6.07 Å². The molecule has 0 aliphatic rings. The van der Waals surface area contributed by atoms with Gasteiger partial charge in [0, 0.05) is 6.20 Å². The van der Waals surface area contributed by atoms with Crippen LogP contribution >= 0.6 is 11.6 Å². The molecule has 0 saturated carbocycles. The van der Waals surface area contributed by atoms with Crippen molar-refractivity contribution in [1.29, 1.82) is 0 Å². The van der Waals surface area contributed by atoms with Crippen LogP contribution in [0.15, 0.2) is 30.5 Å². The van der Waals surface area contributed by atoms with Gasteiger partial charge in [-0.3, -0.25) is 0 Å². The summed E-state index contributed by atoms with van der Waals surface area (Å²) >= 11 is 5.91. The molecule has 6 heteroatoms. The summed E-state index contributed by atoms with van der Waals surface area (Å²) in [6.45, 7) is 0. The smallest absolute Gasteiger partial charge is 0.341 e. The first-order valence-corrected chi connectivity index (χ1v) is 6.68. The summed E-state index contributed by atoms with van der Waals surface area (Å²) in [6, 6.07) is 5.81. The average molecular weight is 312 g/mol. The van der Waals surface area contributed by atoms with E-state index < -0.39 is 23.2 Å². The summed E-state index contributed by atoms with van der Waals surface area (Å²) < 4.78 is 27.2. The van der Waals surface area contributed by atoms with Crippen LogP contribution in [0, 0.1) is 11.6 Å². The molecule has 0 spiro atoms. The lowest BCUT2D eigenvalue weighted by atomic mass is 10.0. The predicted molar refractivity (Wildman–Crippen MR) is 74.6 cm³/mol. The van der Waals surface area contributed by atoms with Crippen molar-refractivity contribution in [2.45, 2.75) is 19.3 Å². The van der Waals surface area contributed by atoms with Crippen LogP contribution in [0.3, 0.4) is 0 Å². The minimum atomic E-state index is -1.61. The lowest BCUT2D eigenvalue weighted by Gasteiger charge is -2.07. The van der Waals surface area contributed by atoms with Gasteiger partial charge in [0.25, 0.3) is 0 Å². The second-order valence-electron chi connectivity index (χ2n) is 4.51. The van der Waals surface area contributed by atoms with Crippen LogP contribution in [0.2, 0.25) is 5.15 Å². The van der Waals surface area contributed by atoms with Crippen molar-refractivity contribution in [2.75, 3.05) is 0 Å². The molecule has 3 nitrogen and oxygen atoms in total. The van der Waals surface area contributed by atoms with Gasteiger partial charge in [-0.25, -0.2) is 18.6 Å². The van der Waals surface area contributed by atoms with Crippen LogP contribution in [0.5, 0.6) is 0 Å². The number of nitrogens with zero attached hydrogens (tertiary/aromatic N) is 1. The third-order valence-corrected chi connectivity index (χ3v) is 3.45. The molecular formula is C15H12ClF2NO2. The number of benzene rings is 1. The van der Waals surface area contributed by atoms with E-state index in [1.54, 1.807) is 12.3 Å². The second kappa shape index (κ2) is 6.63. The van der Waals surface area contributed by atoms with E-state index in [2.05, 4.69) is 4.98 Å². The molecule has 0 aliphatic carbocycles. The zero-order chi connectivity index (χ0) is 15.4. The van der Waals surface area contributed by atoms with E-state index in [1.807, 2.05) is 6.07 Å². The largest absolute Gasteiger partial charge is 0.477 e. The lowest BCUT2D eigenvalue weighted by Crippen LogP contribution is -2.07. The van der Waals surface area contributed by atoms with Gasteiger partial charge in [-0.1, -0.05) is 23.7 Å². The fourth-order valence-electron chi connectivity index (χ4n) is 2.06. The summed E-state index contributed by atoms with van der Waals surface area (Å²) in [4.78, 5) is 14.8. The number of rotatable bonds is 5. The molecule has 2 aromatic rings. The molecule has 1 heterocycles. The summed E-state index contributed by atoms with van der Waals surface area (Å²) in [5.41, 5.74) is 0.0980. The summed E-state index contributed by atoms with van der Waals surface area (Å²) in [5, 5.41) is 9.20. The van der Waals surface area contributed by atoms with E-state index in [-0.39, 0.29) is 12.0 Å². The average Bonchev–Trinajstić information content (AvgIpc) is 2.43. The molecule has 0 amide bonds. The number of pyridine rings is 1. The fraction of sp³-hybridized carbons (Fsp3) is 0.200. The molecule has 0 fully saturated rings. The Hall–Kier alpha value is -2.01. The fourth-order valence-corrected chi connectivity index (χ4v) is 2.27. The molecule has 2 rings (SSSR count). The Morgan fingerprint density at radius 2 is 1.90 bits per heavy atom. The second-order valence-corrected chi connectivity index (χ2v) is 4.87. The van der Waals surface area contributed by atoms with Gasteiger partial charge >= 0.3 is 5.97 Å². The maximum Gasteiger partial charge on any atom is 0.341 e. The van der Waals surface area contributed by atoms with Crippen LogP contribution in [0.1, 0.15) is 27.9 Å². The molecule has 1 aromatic carbocycles. The Morgan fingerprint density at radius 3 is 2.57 bits per heavy atom. The number of carboxylic acids is 1. The molecule has 21 heavy (non-hydrogen) atoms. The zero-order valence-electron chi connectivity index (χ0n) is 10.9. The molecule has 0 aliphatic heterocycles. The van der Waals surface area contributed by atoms with Crippen molar-refractivity contribution in [2.24, 2.45) is 0 Å². The van der Waals surface area contributed by atoms with E-state index in [0.717, 1.165) is 11.6 Å². The van der Waals surface area contributed by atoms with E-state index >= 15 is 0 Å². The van der Waals surface area contributed by atoms with Crippen LogP contribution < -0.4 is 0 Å². The molecule has 0 saturated heterocycles. The number of aromatic nitrogens is 1. The van der Waals surface area contributed by atoms with Crippen LogP contribution in [-0.4, -0.2) is 16.1 Å². The number of halogens is 3. The van der Waals surface area contributed by atoms with Gasteiger partial charge < -0.3 is 5.11 Å². The van der Waals surface area contributed by atoms with Gasteiger partial charge in [-0.15, -0.1) is 0 Å². The SMILES string of the molecule is O=C(O)c1c(F)ccc(CCCc2cccnc2Cl)c1F. The maximum absolute atomic E-state index is 13.9. The predicted octanol–water partition coefficient (Wildman–Crippen LogP) is 3.89. The molecule has 0 bridgehead atoms. The highest BCUT2D eigenvalue weighted by Gasteiger charge is 2.19. The molecule has 110 valence electrons. The molecule has 0 radical (unpaired) electrons. The Morgan fingerprint density at radius 1 is 1.19 bits per heavy atom. The number of aryl methyl sites for hydroxylation is 2. The Kier molecular flexibility index (Phi) is 4.85. The number of carboxylic acid groups (broad SMARTS) is 1. The van der Waals surface area contributed by atoms with Gasteiger partial charge in [0.1, 0.15) is 22.4 Å². The lowest BCUT2D eigenvalue weighted by molar-refractivity contribution is 0.0686. The monoisotopic (exact) mass is 311 g/mol. The van der Waals surface area contributed by atoms with Gasteiger partial charge in [0.05, 0.1) is 0 Å². The highest BCUT2D eigenvalue weighted by molar-refractivity contribution is 6.30. The number of aromatic carboxylic acids is 1. The summed E-state index contributed by atoms with van der Waals surface area (Å²) in [6.07, 6.45) is 2.99. The van der Waals surface area contributed by atoms with E-state index in [4.69, 9.17) is 16.7 Å². The number of hydrogen-bond donors (Lipinski definition) is 1. The van der Waals surface area contributed by atoms with Crippen LogP contribution in [0.4, 0.5) is 8.78 Å². The minimum Gasteiger partial charge on any atom is -0.477 e. The first kappa shape index (κ1) is 15.4. The minimum absolute atomic E-state index is 0.175. The zero-order valence-corrected chi connectivity index (χ0v) is 11.7. The quantitative estimate of drug-likeness (QED) is 0.852. The Balaban J connectivity index is 2.09. The van der Waals surface area contributed by atoms with Crippen LogP contribution in [-0.2, 0) is 12.8 Å². The number of hydrogen-bond acceptors (Lipinski definition) is 2. The molecule has 1 aromatic heterocycles. The van der Waals surface area contributed by atoms with Gasteiger partial charge in [0.15, 0.2) is 0 Å². The maximum atomic E-state index is 13.9. The van der Waals surface area contributed by atoms with Crippen LogP contribution in [0.25, 0.3) is 0 Å². The Bertz CT molecular complexity index is 677.